The van der Waals surface area contributed by atoms with Gasteiger partial charge >= 0.3 is 5.97 Å². The Balaban J connectivity index is 4.17. The Morgan fingerprint density at radius 3 is 2.56 bits per heavy atom. The molecule has 1 amide bonds. The molecule has 0 aromatic rings. The van der Waals surface area contributed by atoms with Gasteiger partial charge in [-0.1, -0.05) is 19.8 Å². The molecule has 4 N–H and O–H groups in total. The zero-order chi connectivity index (χ0) is 12.6. The number of unbranched alkanes of at least 4 members (excludes halogenated alkanes) is 1. The van der Waals surface area contributed by atoms with Crippen LogP contribution in [0.15, 0.2) is 0 Å². The Morgan fingerprint density at radius 2 is 2.12 bits per heavy atom. The minimum atomic E-state index is -1.04. The van der Waals surface area contributed by atoms with Crippen molar-refractivity contribution in [1.29, 1.82) is 0 Å². The molecule has 6 nitrogen and oxygen atoms in total. The number of nitrogens with two attached hydrogens (primary N) is 1. The van der Waals surface area contributed by atoms with Crippen molar-refractivity contribution in [3.8, 4) is 0 Å². The standard InChI is InChI=1S/C10H20N2O4/c1-3-4-5-8(10(14)15)12-9(13)7(11)6-16-2/h7-8H,3-6,11H2,1-2H3,(H,12,13)(H,14,15)/t7?,8-/m0/s1. The molecule has 0 aliphatic rings. The van der Waals surface area contributed by atoms with Gasteiger partial charge in [0.1, 0.15) is 12.1 Å². The molecule has 0 aromatic carbocycles. The van der Waals surface area contributed by atoms with Gasteiger partial charge in [-0.25, -0.2) is 4.79 Å². The van der Waals surface area contributed by atoms with Gasteiger partial charge in [0.05, 0.1) is 6.61 Å². The summed E-state index contributed by atoms with van der Waals surface area (Å²) in [6.07, 6.45) is 2.04. The minimum Gasteiger partial charge on any atom is -0.480 e. The Labute approximate surface area is 95.1 Å². The SMILES string of the molecule is CCCC[C@H](NC(=O)C(N)COC)C(=O)O. The molecule has 0 saturated heterocycles. The maximum atomic E-state index is 11.4. The van der Waals surface area contributed by atoms with Crippen LogP contribution in [0.25, 0.3) is 0 Å². The number of carbonyl (C=O) groups is 2. The second-order valence-electron chi connectivity index (χ2n) is 3.60. The minimum absolute atomic E-state index is 0.0753. The van der Waals surface area contributed by atoms with Crippen LogP contribution in [0.2, 0.25) is 0 Å². The Morgan fingerprint density at radius 1 is 1.50 bits per heavy atom. The molecule has 0 aliphatic heterocycles. The highest BCUT2D eigenvalue weighted by Crippen LogP contribution is 2.01. The second-order valence-corrected chi connectivity index (χ2v) is 3.60. The highest BCUT2D eigenvalue weighted by molar-refractivity contribution is 5.86. The van der Waals surface area contributed by atoms with Crippen LogP contribution in [0, 0.1) is 0 Å². The van der Waals surface area contributed by atoms with E-state index in [2.05, 4.69) is 5.32 Å². The Hall–Kier alpha value is -1.14. The molecular weight excluding hydrogens is 212 g/mol. The van der Waals surface area contributed by atoms with Gasteiger partial charge in [0.15, 0.2) is 0 Å². The third kappa shape index (κ3) is 5.67. The maximum Gasteiger partial charge on any atom is 0.326 e. The quantitative estimate of drug-likeness (QED) is 0.534. The van der Waals surface area contributed by atoms with Crippen LogP contribution < -0.4 is 11.1 Å². The fourth-order valence-corrected chi connectivity index (χ4v) is 1.20. The Bertz CT molecular complexity index is 233. The van der Waals surface area contributed by atoms with Gasteiger partial charge in [-0.3, -0.25) is 4.79 Å². The van der Waals surface area contributed by atoms with Gasteiger partial charge in [-0.2, -0.15) is 0 Å². The molecule has 0 fully saturated rings. The van der Waals surface area contributed by atoms with Crippen LogP contribution in [-0.2, 0) is 14.3 Å². The van der Waals surface area contributed by atoms with E-state index in [0.29, 0.717) is 6.42 Å². The summed E-state index contributed by atoms with van der Waals surface area (Å²) in [4.78, 5) is 22.3. The predicted molar refractivity (Wildman–Crippen MR) is 58.9 cm³/mol. The van der Waals surface area contributed by atoms with Crippen LogP contribution in [0.4, 0.5) is 0 Å². The summed E-state index contributed by atoms with van der Waals surface area (Å²) in [7, 11) is 1.43. The molecule has 94 valence electrons. The summed E-state index contributed by atoms with van der Waals surface area (Å²) in [5.41, 5.74) is 5.47. The van der Waals surface area contributed by atoms with E-state index in [0.717, 1.165) is 12.8 Å². The lowest BCUT2D eigenvalue weighted by atomic mass is 10.1. The molecule has 0 heterocycles. The highest BCUT2D eigenvalue weighted by Gasteiger charge is 2.22. The lowest BCUT2D eigenvalue weighted by molar-refractivity contribution is -0.142. The summed E-state index contributed by atoms with van der Waals surface area (Å²) < 4.78 is 4.71. The molecule has 16 heavy (non-hydrogen) atoms. The summed E-state index contributed by atoms with van der Waals surface area (Å²) in [5.74, 6) is -1.53. The first kappa shape index (κ1) is 14.9. The van der Waals surface area contributed by atoms with Crippen molar-refractivity contribution >= 4 is 11.9 Å². The fourth-order valence-electron chi connectivity index (χ4n) is 1.20. The van der Waals surface area contributed by atoms with E-state index in [-0.39, 0.29) is 6.61 Å². The molecule has 2 atom stereocenters. The van der Waals surface area contributed by atoms with E-state index >= 15 is 0 Å². The zero-order valence-corrected chi connectivity index (χ0v) is 9.73. The number of carboxylic acid groups (broad SMARTS) is 1. The zero-order valence-electron chi connectivity index (χ0n) is 9.73. The smallest absolute Gasteiger partial charge is 0.326 e. The first-order chi connectivity index (χ1) is 7.52. The third-order valence-corrected chi connectivity index (χ3v) is 2.14. The lowest BCUT2D eigenvalue weighted by Crippen LogP contribution is -2.50. The van der Waals surface area contributed by atoms with E-state index < -0.39 is 24.0 Å². The normalized spacial score (nSPS) is 14.2. The van der Waals surface area contributed by atoms with Crippen LogP contribution in [0.1, 0.15) is 26.2 Å². The van der Waals surface area contributed by atoms with E-state index in [1.54, 1.807) is 0 Å². The largest absolute Gasteiger partial charge is 0.480 e. The van der Waals surface area contributed by atoms with Crippen molar-refractivity contribution in [2.75, 3.05) is 13.7 Å². The molecule has 0 saturated carbocycles. The third-order valence-electron chi connectivity index (χ3n) is 2.14. The van der Waals surface area contributed by atoms with Crippen molar-refractivity contribution in [2.45, 2.75) is 38.3 Å². The Kier molecular flexibility index (Phi) is 7.49. The molecule has 1 unspecified atom stereocenters. The van der Waals surface area contributed by atoms with Crippen LogP contribution >= 0.6 is 0 Å². The van der Waals surface area contributed by atoms with E-state index in [1.807, 2.05) is 6.92 Å². The van der Waals surface area contributed by atoms with Crippen molar-refractivity contribution in [2.24, 2.45) is 5.73 Å². The molecule has 0 spiro atoms. The number of ether oxygens (including phenoxy) is 1. The number of amides is 1. The summed E-state index contributed by atoms with van der Waals surface area (Å²) in [6, 6.07) is -1.69. The van der Waals surface area contributed by atoms with Crippen LogP contribution in [0.3, 0.4) is 0 Å². The molecule has 0 bridgehead atoms. The average Bonchev–Trinajstić information content (AvgIpc) is 2.23. The predicted octanol–water partition coefficient (Wildman–Crippen LogP) is -0.280. The van der Waals surface area contributed by atoms with E-state index in [4.69, 9.17) is 15.6 Å². The summed E-state index contributed by atoms with van der Waals surface area (Å²) in [5, 5.41) is 11.3. The van der Waals surface area contributed by atoms with Crippen LogP contribution in [-0.4, -0.2) is 42.8 Å². The van der Waals surface area contributed by atoms with Gasteiger partial charge in [0.2, 0.25) is 5.91 Å². The molecule has 6 heteroatoms. The highest BCUT2D eigenvalue weighted by atomic mass is 16.5. The molecule has 0 rings (SSSR count). The monoisotopic (exact) mass is 232 g/mol. The molecule has 0 radical (unpaired) electrons. The maximum absolute atomic E-state index is 11.4. The van der Waals surface area contributed by atoms with Crippen LogP contribution in [0.5, 0.6) is 0 Å². The number of aliphatic carboxylic acids is 1. The van der Waals surface area contributed by atoms with Gasteiger partial charge in [0, 0.05) is 7.11 Å². The first-order valence-electron chi connectivity index (χ1n) is 5.30. The van der Waals surface area contributed by atoms with Crippen molar-refractivity contribution < 1.29 is 19.4 Å². The first-order valence-corrected chi connectivity index (χ1v) is 5.30. The number of nitrogens with one attached hydrogen (secondary N) is 1. The van der Waals surface area contributed by atoms with E-state index in [1.165, 1.54) is 7.11 Å². The lowest BCUT2D eigenvalue weighted by Gasteiger charge is -2.17. The van der Waals surface area contributed by atoms with Crippen molar-refractivity contribution in [3.63, 3.8) is 0 Å². The van der Waals surface area contributed by atoms with Gasteiger partial charge in [-0.05, 0) is 6.42 Å². The number of carbonyl (C=O) groups excluding carboxylic acids is 1. The van der Waals surface area contributed by atoms with Gasteiger partial charge in [0.25, 0.3) is 0 Å². The number of rotatable bonds is 8. The van der Waals surface area contributed by atoms with Crippen molar-refractivity contribution in [3.05, 3.63) is 0 Å². The molecule has 0 aromatic heterocycles. The molecular formula is C10H20N2O4. The van der Waals surface area contributed by atoms with Crippen molar-refractivity contribution in [1.82, 2.24) is 5.32 Å². The van der Waals surface area contributed by atoms with Gasteiger partial charge < -0.3 is 20.9 Å². The number of hydrogen-bond acceptors (Lipinski definition) is 4. The fraction of sp³-hybridized carbons (Fsp3) is 0.800. The molecule has 0 aliphatic carbocycles. The summed E-state index contributed by atoms with van der Waals surface area (Å²) >= 11 is 0. The number of carboxylic acids is 1. The van der Waals surface area contributed by atoms with Gasteiger partial charge in [-0.15, -0.1) is 0 Å². The average molecular weight is 232 g/mol. The second kappa shape index (κ2) is 8.06. The number of hydrogen-bond donors (Lipinski definition) is 3. The topological polar surface area (TPSA) is 102 Å². The van der Waals surface area contributed by atoms with E-state index in [9.17, 15) is 9.59 Å². The summed E-state index contributed by atoms with van der Waals surface area (Å²) in [6.45, 7) is 2.03. The number of methoxy groups -OCH3 is 1.